The zero-order valence-electron chi connectivity index (χ0n) is 10.6. The second-order valence-electron chi connectivity index (χ2n) is 4.91. The maximum Gasteiger partial charge on any atom is 0.123 e. The van der Waals surface area contributed by atoms with E-state index in [1.807, 2.05) is 24.3 Å². The van der Waals surface area contributed by atoms with Crippen molar-refractivity contribution in [2.24, 2.45) is 0 Å². The molecule has 19 heavy (non-hydrogen) atoms. The molecular formula is C16H16FNO. The summed E-state index contributed by atoms with van der Waals surface area (Å²) in [6.45, 7) is 0.724. The van der Waals surface area contributed by atoms with Crippen molar-refractivity contribution in [1.29, 1.82) is 0 Å². The number of hydrogen-bond donors (Lipinski definition) is 1. The molecule has 1 aliphatic rings. The van der Waals surface area contributed by atoms with E-state index in [1.165, 1.54) is 12.1 Å². The molecule has 0 radical (unpaired) electrons. The lowest BCUT2D eigenvalue weighted by molar-refractivity contribution is 0.0359. The van der Waals surface area contributed by atoms with E-state index in [0.717, 1.165) is 36.3 Å². The van der Waals surface area contributed by atoms with Crippen LogP contribution in [0.1, 0.15) is 24.0 Å². The summed E-state index contributed by atoms with van der Waals surface area (Å²) in [7, 11) is 0. The Balaban J connectivity index is 2.08. The topological polar surface area (TPSA) is 35.2 Å². The average molecular weight is 257 g/mol. The molecule has 1 atom stereocenters. The van der Waals surface area contributed by atoms with Gasteiger partial charge in [0, 0.05) is 12.3 Å². The van der Waals surface area contributed by atoms with Gasteiger partial charge in [-0.15, -0.1) is 0 Å². The maximum atomic E-state index is 13.1. The first-order chi connectivity index (χ1) is 9.21. The van der Waals surface area contributed by atoms with Crippen LogP contribution in [0.15, 0.2) is 48.5 Å². The van der Waals surface area contributed by atoms with Crippen LogP contribution in [0.4, 0.5) is 10.1 Å². The van der Waals surface area contributed by atoms with Gasteiger partial charge in [-0.2, -0.15) is 0 Å². The third-order valence-electron chi connectivity index (χ3n) is 3.71. The SMILES string of the molecule is Nc1ccc(C2(c3ccc(F)cc3)CCCO2)cc1. The van der Waals surface area contributed by atoms with Crippen LogP contribution in [0.25, 0.3) is 0 Å². The number of nitrogens with two attached hydrogens (primary N) is 1. The minimum Gasteiger partial charge on any atom is -0.399 e. The fraction of sp³-hybridized carbons (Fsp3) is 0.250. The summed E-state index contributed by atoms with van der Waals surface area (Å²) in [6, 6.07) is 14.3. The zero-order valence-corrected chi connectivity index (χ0v) is 10.6. The standard InChI is InChI=1S/C16H16FNO/c17-14-6-2-12(3-7-14)16(10-1-11-19-16)13-4-8-15(18)9-5-13/h2-9H,1,10-11,18H2. The lowest BCUT2D eigenvalue weighted by atomic mass is 9.84. The van der Waals surface area contributed by atoms with Crippen molar-refractivity contribution >= 4 is 5.69 Å². The molecule has 1 unspecified atom stereocenters. The Morgan fingerprint density at radius 2 is 1.53 bits per heavy atom. The van der Waals surface area contributed by atoms with Crippen molar-refractivity contribution in [3.63, 3.8) is 0 Å². The van der Waals surface area contributed by atoms with Crippen LogP contribution in [0, 0.1) is 5.82 Å². The van der Waals surface area contributed by atoms with Crippen molar-refractivity contribution in [1.82, 2.24) is 0 Å². The predicted octanol–water partition coefficient (Wildman–Crippen LogP) is 3.46. The zero-order chi connectivity index (χ0) is 13.3. The van der Waals surface area contributed by atoms with Gasteiger partial charge in [0.05, 0.1) is 0 Å². The molecule has 0 spiro atoms. The van der Waals surface area contributed by atoms with E-state index in [1.54, 1.807) is 12.1 Å². The molecule has 1 aliphatic heterocycles. The first kappa shape index (κ1) is 12.2. The molecular weight excluding hydrogens is 241 g/mol. The quantitative estimate of drug-likeness (QED) is 0.836. The van der Waals surface area contributed by atoms with E-state index in [9.17, 15) is 4.39 Å². The first-order valence-electron chi connectivity index (χ1n) is 6.47. The monoisotopic (exact) mass is 257 g/mol. The van der Waals surface area contributed by atoms with Gasteiger partial charge in [-0.25, -0.2) is 4.39 Å². The Bertz CT molecular complexity index is 509. The first-order valence-corrected chi connectivity index (χ1v) is 6.47. The third kappa shape index (κ3) is 2.10. The van der Waals surface area contributed by atoms with E-state index in [0.29, 0.717) is 0 Å². The van der Waals surface area contributed by atoms with Crippen LogP contribution in [0.2, 0.25) is 0 Å². The minimum atomic E-state index is -0.457. The maximum absolute atomic E-state index is 13.1. The van der Waals surface area contributed by atoms with Gasteiger partial charge >= 0.3 is 0 Å². The molecule has 1 heterocycles. The van der Waals surface area contributed by atoms with Gasteiger partial charge in [0.1, 0.15) is 11.4 Å². The summed E-state index contributed by atoms with van der Waals surface area (Å²) >= 11 is 0. The Kier molecular flexibility index (Phi) is 2.99. The van der Waals surface area contributed by atoms with Crippen LogP contribution < -0.4 is 5.73 Å². The highest BCUT2D eigenvalue weighted by Crippen LogP contribution is 2.42. The van der Waals surface area contributed by atoms with Crippen molar-refractivity contribution in [2.75, 3.05) is 12.3 Å². The number of anilines is 1. The molecule has 2 aromatic carbocycles. The van der Waals surface area contributed by atoms with Gasteiger partial charge in [-0.1, -0.05) is 24.3 Å². The molecule has 0 saturated carbocycles. The lowest BCUT2D eigenvalue weighted by Crippen LogP contribution is -2.26. The summed E-state index contributed by atoms with van der Waals surface area (Å²) in [5.74, 6) is -0.228. The number of hydrogen-bond acceptors (Lipinski definition) is 2. The van der Waals surface area contributed by atoms with Crippen molar-refractivity contribution in [2.45, 2.75) is 18.4 Å². The fourth-order valence-corrected chi connectivity index (χ4v) is 2.73. The van der Waals surface area contributed by atoms with Crippen LogP contribution in [-0.2, 0) is 10.3 Å². The molecule has 0 aromatic heterocycles. The second kappa shape index (κ2) is 4.67. The molecule has 3 heteroatoms. The van der Waals surface area contributed by atoms with E-state index >= 15 is 0 Å². The van der Waals surface area contributed by atoms with E-state index < -0.39 is 5.60 Å². The highest BCUT2D eigenvalue weighted by Gasteiger charge is 2.38. The molecule has 2 N–H and O–H groups in total. The number of ether oxygens (including phenoxy) is 1. The van der Waals surface area contributed by atoms with Gasteiger partial charge in [-0.3, -0.25) is 0 Å². The van der Waals surface area contributed by atoms with Gasteiger partial charge in [-0.05, 0) is 48.2 Å². The van der Waals surface area contributed by atoms with Crippen molar-refractivity contribution in [3.8, 4) is 0 Å². The number of halogens is 1. The third-order valence-corrected chi connectivity index (χ3v) is 3.71. The Hall–Kier alpha value is -1.87. The highest BCUT2D eigenvalue weighted by atomic mass is 19.1. The molecule has 2 nitrogen and oxygen atoms in total. The number of rotatable bonds is 2. The van der Waals surface area contributed by atoms with Crippen LogP contribution >= 0.6 is 0 Å². The minimum absolute atomic E-state index is 0.228. The molecule has 2 aromatic rings. The molecule has 1 fully saturated rings. The van der Waals surface area contributed by atoms with Crippen LogP contribution in [0.5, 0.6) is 0 Å². The summed E-state index contributed by atoms with van der Waals surface area (Å²) in [5, 5.41) is 0. The Morgan fingerprint density at radius 3 is 2.05 bits per heavy atom. The fourth-order valence-electron chi connectivity index (χ4n) is 2.73. The van der Waals surface area contributed by atoms with E-state index in [-0.39, 0.29) is 5.82 Å². The molecule has 0 amide bonds. The van der Waals surface area contributed by atoms with Crippen LogP contribution in [0.3, 0.4) is 0 Å². The number of nitrogen functional groups attached to an aromatic ring is 1. The van der Waals surface area contributed by atoms with Gasteiger partial charge in [0.15, 0.2) is 0 Å². The van der Waals surface area contributed by atoms with Gasteiger partial charge in [0.25, 0.3) is 0 Å². The molecule has 3 rings (SSSR count). The smallest absolute Gasteiger partial charge is 0.123 e. The van der Waals surface area contributed by atoms with E-state index in [4.69, 9.17) is 10.5 Å². The number of benzene rings is 2. The molecule has 1 saturated heterocycles. The van der Waals surface area contributed by atoms with Gasteiger partial charge in [0.2, 0.25) is 0 Å². The summed E-state index contributed by atoms with van der Waals surface area (Å²) < 4.78 is 19.1. The average Bonchev–Trinajstić information content (AvgIpc) is 2.91. The Labute approximate surface area is 112 Å². The summed E-state index contributed by atoms with van der Waals surface area (Å²) in [6.07, 6.45) is 1.91. The normalized spacial score (nSPS) is 22.6. The van der Waals surface area contributed by atoms with Crippen molar-refractivity contribution < 1.29 is 9.13 Å². The van der Waals surface area contributed by atoms with Crippen molar-refractivity contribution in [3.05, 3.63) is 65.5 Å². The summed E-state index contributed by atoms with van der Waals surface area (Å²) in [4.78, 5) is 0. The molecule has 0 aliphatic carbocycles. The Morgan fingerprint density at radius 1 is 0.947 bits per heavy atom. The lowest BCUT2D eigenvalue weighted by Gasteiger charge is -2.29. The van der Waals surface area contributed by atoms with Crippen LogP contribution in [-0.4, -0.2) is 6.61 Å². The summed E-state index contributed by atoms with van der Waals surface area (Å²) in [5.41, 5.74) is 8.08. The molecule has 98 valence electrons. The molecule has 0 bridgehead atoms. The van der Waals surface area contributed by atoms with Gasteiger partial charge < -0.3 is 10.5 Å². The largest absolute Gasteiger partial charge is 0.399 e. The van der Waals surface area contributed by atoms with E-state index in [2.05, 4.69) is 0 Å². The highest BCUT2D eigenvalue weighted by molar-refractivity contribution is 5.44. The second-order valence-corrected chi connectivity index (χ2v) is 4.91. The predicted molar refractivity (Wildman–Crippen MR) is 73.2 cm³/mol.